The number of amides is 2. The van der Waals surface area contributed by atoms with Crippen LogP contribution in [0, 0.1) is 0 Å². The van der Waals surface area contributed by atoms with Crippen LogP contribution < -0.4 is 15.4 Å². The summed E-state index contributed by atoms with van der Waals surface area (Å²) in [6, 6.07) is 11.8. The van der Waals surface area contributed by atoms with Crippen molar-refractivity contribution in [2.75, 3.05) is 37.4 Å². The molecule has 0 bridgehead atoms. The van der Waals surface area contributed by atoms with E-state index < -0.39 is 0 Å². The van der Waals surface area contributed by atoms with Gasteiger partial charge in [0.25, 0.3) is 0 Å². The van der Waals surface area contributed by atoms with E-state index in [2.05, 4.69) is 10.6 Å². The average Bonchev–Trinajstić information content (AvgIpc) is 2.64. The van der Waals surface area contributed by atoms with E-state index in [4.69, 9.17) is 27.9 Å². The summed E-state index contributed by atoms with van der Waals surface area (Å²) in [5.74, 6) is 0.216. The minimum atomic E-state index is -0.279. The van der Waals surface area contributed by atoms with Crippen LogP contribution in [0.2, 0.25) is 10.0 Å². The van der Waals surface area contributed by atoms with Crippen molar-refractivity contribution in [3.05, 3.63) is 52.5 Å². The number of rotatable bonds is 8. The monoisotopic (exact) mass is 409 g/mol. The van der Waals surface area contributed by atoms with Gasteiger partial charge in [-0.2, -0.15) is 0 Å². The molecule has 27 heavy (non-hydrogen) atoms. The Kier molecular flexibility index (Phi) is 7.91. The molecule has 0 aromatic heterocycles. The van der Waals surface area contributed by atoms with Crippen LogP contribution in [0.1, 0.15) is 6.92 Å². The van der Waals surface area contributed by atoms with E-state index in [0.717, 1.165) is 0 Å². The Balaban J connectivity index is 1.88. The molecule has 0 spiro atoms. The van der Waals surface area contributed by atoms with Gasteiger partial charge in [0.15, 0.2) is 0 Å². The Morgan fingerprint density at radius 2 is 1.63 bits per heavy atom. The van der Waals surface area contributed by atoms with Gasteiger partial charge in [-0.15, -0.1) is 0 Å². The molecule has 144 valence electrons. The number of carbonyl (C=O) groups excluding carboxylic acids is 2. The molecule has 0 aliphatic heterocycles. The van der Waals surface area contributed by atoms with Crippen molar-refractivity contribution in [2.45, 2.75) is 6.92 Å². The number of anilines is 2. The average molecular weight is 410 g/mol. The summed E-state index contributed by atoms with van der Waals surface area (Å²) >= 11 is 12.0. The minimum absolute atomic E-state index is 0.0510. The zero-order valence-corrected chi connectivity index (χ0v) is 16.6. The Hall–Kier alpha value is -2.28. The van der Waals surface area contributed by atoms with Crippen molar-refractivity contribution < 1.29 is 14.3 Å². The molecule has 0 radical (unpaired) electrons. The molecular formula is C19H21Cl2N3O3. The summed E-state index contributed by atoms with van der Waals surface area (Å²) in [5.41, 5.74) is 1.10. The molecule has 6 nitrogen and oxygen atoms in total. The summed E-state index contributed by atoms with van der Waals surface area (Å²) < 4.78 is 5.08. The van der Waals surface area contributed by atoms with Crippen LogP contribution in [0.5, 0.6) is 5.75 Å². The van der Waals surface area contributed by atoms with Crippen molar-refractivity contribution in [2.24, 2.45) is 0 Å². The van der Waals surface area contributed by atoms with Crippen LogP contribution in [0.15, 0.2) is 42.5 Å². The van der Waals surface area contributed by atoms with Crippen LogP contribution in [0.25, 0.3) is 0 Å². The van der Waals surface area contributed by atoms with Gasteiger partial charge in [0.2, 0.25) is 11.8 Å². The number of hydrogen-bond acceptors (Lipinski definition) is 4. The Morgan fingerprint density at radius 1 is 1.00 bits per heavy atom. The van der Waals surface area contributed by atoms with Gasteiger partial charge in [-0.05, 0) is 49.0 Å². The molecule has 0 unspecified atom stereocenters. The highest BCUT2D eigenvalue weighted by molar-refractivity contribution is 6.35. The van der Waals surface area contributed by atoms with Crippen molar-refractivity contribution in [1.29, 1.82) is 0 Å². The van der Waals surface area contributed by atoms with E-state index in [0.29, 0.717) is 33.7 Å². The maximum Gasteiger partial charge on any atom is 0.238 e. The summed E-state index contributed by atoms with van der Waals surface area (Å²) in [6.45, 7) is 2.54. The molecule has 0 heterocycles. The molecule has 0 saturated carbocycles. The maximum atomic E-state index is 12.3. The molecule has 0 fully saturated rings. The first-order valence-corrected chi connectivity index (χ1v) is 9.08. The minimum Gasteiger partial charge on any atom is -0.497 e. The SMILES string of the molecule is CCN(CC(=O)Nc1ccc(OC)cc1)CC(=O)Nc1cc(Cl)ccc1Cl. The van der Waals surface area contributed by atoms with Crippen molar-refractivity contribution >= 4 is 46.4 Å². The molecule has 0 aliphatic rings. The van der Waals surface area contributed by atoms with Crippen LogP contribution in [0.4, 0.5) is 11.4 Å². The summed E-state index contributed by atoms with van der Waals surface area (Å²) in [7, 11) is 1.58. The molecular weight excluding hydrogens is 389 g/mol. The van der Waals surface area contributed by atoms with Crippen LogP contribution in [0.3, 0.4) is 0 Å². The first kappa shape index (κ1) is 21.0. The Labute approximate surface area is 168 Å². The summed E-state index contributed by atoms with van der Waals surface area (Å²) in [4.78, 5) is 26.2. The predicted octanol–water partition coefficient (Wildman–Crippen LogP) is 3.90. The maximum absolute atomic E-state index is 12.3. The van der Waals surface area contributed by atoms with Crippen molar-refractivity contribution in [1.82, 2.24) is 4.90 Å². The first-order chi connectivity index (χ1) is 12.9. The third-order valence-corrected chi connectivity index (χ3v) is 4.32. The van der Waals surface area contributed by atoms with E-state index in [1.165, 1.54) is 0 Å². The largest absolute Gasteiger partial charge is 0.497 e. The molecule has 2 aromatic rings. The fourth-order valence-electron chi connectivity index (χ4n) is 2.34. The van der Waals surface area contributed by atoms with Gasteiger partial charge in [-0.1, -0.05) is 30.1 Å². The fourth-order valence-corrected chi connectivity index (χ4v) is 2.68. The quantitative estimate of drug-likeness (QED) is 0.693. The molecule has 2 amide bonds. The van der Waals surface area contributed by atoms with E-state index in [1.807, 2.05) is 6.92 Å². The number of ether oxygens (including phenoxy) is 1. The number of halogens is 2. The number of likely N-dealkylation sites (N-methyl/N-ethyl adjacent to an activating group) is 1. The molecule has 0 atom stereocenters. The second-order valence-corrected chi connectivity index (χ2v) is 6.60. The highest BCUT2D eigenvalue weighted by atomic mass is 35.5. The summed E-state index contributed by atoms with van der Waals surface area (Å²) in [5, 5.41) is 6.37. The van der Waals surface area contributed by atoms with Gasteiger partial charge >= 0.3 is 0 Å². The second kappa shape index (κ2) is 10.2. The van der Waals surface area contributed by atoms with Crippen LogP contribution in [-0.2, 0) is 9.59 Å². The third-order valence-electron chi connectivity index (χ3n) is 3.76. The molecule has 0 aliphatic carbocycles. The lowest BCUT2D eigenvalue weighted by atomic mass is 10.3. The lowest BCUT2D eigenvalue weighted by Crippen LogP contribution is -2.38. The highest BCUT2D eigenvalue weighted by Gasteiger charge is 2.14. The normalized spacial score (nSPS) is 10.6. The Morgan fingerprint density at radius 3 is 2.22 bits per heavy atom. The number of hydrogen-bond donors (Lipinski definition) is 2. The van der Waals surface area contributed by atoms with Crippen molar-refractivity contribution in [3.63, 3.8) is 0 Å². The lowest BCUT2D eigenvalue weighted by Gasteiger charge is -2.19. The first-order valence-electron chi connectivity index (χ1n) is 8.32. The second-order valence-electron chi connectivity index (χ2n) is 5.75. The van der Waals surface area contributed by atoms with E-state index >= 15 is 0 Å². The van der Waals surface area contributed by atoms with Crippen LogP contribution >= 0.6 is 23.2 Å². The number of carbonyl (C=O) groups is 2. The molecule has 2 aromatic carbocycles. The highest BCUT2D eigenvalue weighted by Crippen LogP contribution is 2.25. The number of methoxy groups -OCH3 is 1. The van der Waals surface area contributed by atoms with Gasteiger partial charge in [0.05, 0.1) is 30.9 Å². The van der Waals surface area contributed by atoms with E-state index in [-0.39, 0.29) is 24.9 Å². The molecule has 2 N–H and O–H groups in total. The zero-order chi connectivity index (χ0) is 19.8. The summed E-state index contributed by atoms with van der Waals surface area (Å²) in [6.07, 6.45) is 0. The lowest BCUT2D eigenvalue weighted by molar-refractivity contribution is -0.119. The topological polar surface area (TPSA) is 70.7 Å². The van der Waals surface area contributed by atoms with Gasteiger partial charge in [-0.3, -0.25) is 14.5 Å². The van der Waals surface area contributed by atoms with E-state index in [1.54, 1.807) is 54.5 Å². The Bertz CT molecular complexity index is 797. The third kappa shape index (κ3) is 6.75. The van der Waals surface area contributed by atoms with Crippen LogP contribution in [-0.4, -0.2) is 43.5 Å². The standard InChI is InChI=1S/C19H21Cl2N3O3/c1-3-24(11-18(25)22-14-5-7-15(27-2)8-6-14)12-19(26)23-17-10-13(20)4-9-16(17)21/h4-10H,3,11-12H2,1-2H3,(H,22,25)(H,23,26). The molecule has 0 saturated heterocycles. The predicted molar refractivity (Wildman–Crippen MR) is 109 cm³/mol. The van der Waals surface area contributed by atoms with Gasteiger partial charge in [0, 0.05) is 10.7 Å². The fraction of sp³-hybridized carbons (Fsp3) is 0.263. The number of nitrogens with one attached hydrogen (secondary N) is 2. The van der Waals surface area contributed by atoms with Crippen molar-refractivity contribution in [3.8, 4) is 5.75 Å². The van der Waals surface area contributed by atoms with Gasteiger partial charge in [0.1, 0.15) is 5.75 Å². The molecule has 8 heteroatoms. The number of nitrogens with zero attached hydrogens (tertiary/aromatic N) is 1. The zero-order valence-electron chi connectivity index (χ0n) is 15.1. The molecule has 2 rings (SSSR count). The van der Waals surface area contributed by atoms with E-state index in [9.17, 15) is 9.59 Å². The van der Waals surface area contributed by atoms with Gasteiger partial charge in [-0.25, -0.2) is 0 Å². The smallest absolute Gasteiger partial charge is 0.238 e. The number of benzene rings is 2. The van der Waals surface area contributed by atoms with Gasteiger partial charge < -0.3 is 15.4 Å².